The van der Waals surface area contributed by atoms with E-state index in [-0.39, 0.29) is 31.1 Å². The molecule has 0 spiro atoms. The lowest BCUT2D eigenvalue weighted by Crippen LogP contribution is -2.58. The number of phenols is 1. The molecule has 0 unspecified atom stereocenters. The van der Waals surface area contributed by atoms with E-state index in [1.54, 1.807) is 19.1 Å². The lowest BCUT2D eigenvalue weighted by molar-refractivity contribution is -0.275. The quantitative estimate of drug-likeness (QED) is 0.104. The molecule has 264 valence electrons. The first-order valence-corrected chi connectivity index (χ1v) is 17.3. The van der Waals surface area contributed by atoms with Crippen LogP contribution in [0.25, 0.3) is 0 Å². The fourth-order valence-electron chi connectivity index (χ4n) is 6.17. The predicted octanol–water partition coefficient (Wildman–Crippen LogP) is 7.98. The van der Waals surface area contributed by atoms with Gasteiger partial charge >= 0.3 is 5.97 Å². The highest BCUT2D eigenvalue weighted by Crippen LogP contribution is 2.41. The largest absolute Gasteiger partial charge is 0.508 e. The van der Waals surface area contributed by atoms with Gasteiger partial charge in [0, 0.05) is 5.56 Å². The van der Waals surface area contributed by atoms with Gasteiger partial charge in [0.25, 0.3) is 0 Å². The van der Waals surface area contributed by atoms with Crippen molar-refractivity contribution in [1.29, 1.82) is 0 Å². The molecule has 6 rings (SSSR count). The van der Waals surface area contributed by atoms with Crippen LogP contribution in [0.4, 0.5) is 0 Å². The number of aromatic hydroxyl groups is 1. The van der Waals surface area contributed by atoms with Crippen molar-refractivity contribution in [2.75, 3.05) is 13.2 Å². The number of hydrogen-bond donors (Lipinski definition) is 1. The fourth-order valence-corrected chi connectivity index (χ4v) is 6.17. The Morgan fingerprint density at radius 3 is 1.57 bits per heavy atom. The monoisotopic (exact) mass is 688 g/mol. The van der Waals surface area contributed by atoms with Crippen molar-refractivity contribution >= 4 is 5.97 Å². The molecule has 8 heteroatoms. The maximum absolute atomic E-state index is 12.6. The molecule has 5 aromatic carbocycles. The predicted molar refractivity (Wildman–Crippen MR) is 193 cm³/mol. The number of phenolic OH excluding ortho intramolecular Hbond substituents is 1. The number of rotatable bonds is 16. The Morgan fingerprint density at radius 1 is 0.608 bits per heavy atom. The van der Waals surface area contributed by atoms with Crippen LogP contribution in [0.1, 0.15) is 51.2 Å². The first kappa shape index (κ1) is 36.0. The molecule has 0 aromatic heterocycles. The minimum absolute atomic E-state index is 0.117. The Hall–Kier alpha value is -4.83. The van der Waals surface area contributed by atoms with Crippen LogP contribution in [0.15, 0.2) is 140 Å². The van der Waals surface area contributed by atoms with Crippen molar-refractivity contribution in [1.82, 2.24) is 0 Å². The molecule has 51 heavy (non-hydrogen) atoms. The zero-order valence-electron chi connectivity index (χ0n) is 28.7. The highest BCUT2D eigenvalue weighted by atomic mass is 16.6. The van der Waals surface area contributed by atoms with Crippen LogP contribution >= 0.6 is 0 Å². The molecule has 0 saturated carbocycles. The van der Waals surface area contributed by atoms with Gasteiger partial charge in [-0.1, -0.05) is 127 Å². The first-order chi connectivity index (χ1) is 25.1. The maximum atomic E-state index is 12.6. The second-order valence-electron chi connectivity index (χ2n) is 12.4. The van der Waals surface area contributed by atoms with Gasteiger partial charge in [0.2, 0.25) is 0 Å². The fraction of sp³-hybridized carbons (Fsp3) is 0.279. The molecule has 1 aliphatic heterocycles. The van der Waals surface area contributed by atoms with Crippen LogP contribution in [0.5, 0.6) is 5.75 Å². The zero-order valence-corrected chi connectivity index (χ0v) is 28.7. The highest BCUT2D eigenvalue weighted by Gasteiger charge is 2.49. The van der Waals surface area contributed by atoms with Gasteiger partial charge in [-0.05, 0) is 41.3 Å². The number of esters is 1. The smallest absolute Gasteiger partial charge is 0.338 e. The van der Waals surface area contributed by atoms with Gasteiger partial charge in [-0.15, -0.1) is 0 Å². The molecule has 5 aromatic rings. The SMILES string of the molecule is CCOC(=O)c1ccc([C@@H]2O[C@H](COCc3ccccc3)[C@@H](OCc3ccccc3)[C@H](OCc3ccccc3)[C@H]2OCc2ccccc2)c(O)c1. The Morgan fingerprint density at radius 2 is 1.08 bits per heavy atom. The third kappa shape index (κ3) is 9.91. The highest BCUT2D eigenvalue weighted by molar-refractivity contribution is 5.90. The van der Waals surface area contributed by atoms with Gasteiger partial charge in [-0.3, -0.25) is 0 Å². The van der Waals surface area contributed by atoms with Crippen molar-refractivity contribution in [3.63, 3.8) is 0 Å². The number of carbonyl (C=O) groups excluding carboxylic acids is 1. The molecule has 1 aliphatic rings. The summed E-state index contributed by atoms with van der Waals surface area (Å²) in [5, 5.41) is 11.4. The Bertz CT molecular complexity index is 1770. The average Bonchev–Trinajstić information content (AvgIpc) is 3.17. The Balaban J connectivity index is 1.38. The third-order valence-corrected chi connectivity index (χ3v) is 8.73. The summed E-state index contributed by atoms with van der Waals surface area (Å²) in [6.07, 6.45) is -3.45. The second-order valence-corrected chi connectivity index (χ2v) is 12.4. The van der Waals surface area contributed by atoms with E-state index in [1.165, 1.54) is 6.07 Å². The van der Waals surface area contributed by atoms with Crippen LogP contribution in [-0.4, -0.2) is 48.7 Å². The van der Waals surface area contributed by atoms with E-state index in [9.17, 15) is 9.90 Å². The lowest BCUT2D eigenvalue weighted by atomic mass is 9.89. The summed E-state index contributed by atoms with van der Waals surface area (Å²) in [7, 11) is 0. The summed E-state index contributed by atoms with van der Waals surface area (Å²) in [5.41, 5.74) is 4.67. The molecule has 1 saturated heterocycles. The summed E-state index contributed by atoms with van der Waals surface area (Å²) in [5.74, 6) is -0.639. The summed E-state index contributed by atoms with van der Waals surface area (Å²) in [6.45, 7) is 3.38. The van der Waals surface area contributed by atoms with Gasteiger partial charge in [-0.25, -0.2) is 4.79 Å². The number of ether oxygens (including phenoxy) is 6. The molecule has 5 atom stereocenters. The van der Waals surface area contributed by atoms with E-state index < -0.39 is 36.5 Å². The molecule has 0 radical (unpaired) electrons. The first-order valence-electron chi connectivity index (χ1n) is 17.3. The van der Waals surface area contributed by atoms with E-state index in [1.807, 2.05) is 121 Å². The van der Waals surface area contributed by atoms with E-state index >= 15 is 0 Å². The number of hydrogen-bond acceptors (Lipinski definition) is 8. The molecule has 1 heterocycles. The van der Waals surface area contributed by atoms with Gasteiger partial charge in [0.05, 0.1) is 45.2 Å². The summed E-state index contributed by atoms with van der Waals surface area (Å²) in [6, 6.07) is 44.4. The van der Waals surface area contributed by atoms with Crippen LogP contribution < -0.4 is 0 Å². The van der Waals surface area contributed by atoms with Crippen molar-refractivity contribution in [3.05, 3.63) is 173 Å². The molecule has 0 amide bonds. The van der Waals surface area contributed by atoms with Crippen LogP contribution in [0, 0.1) is 0 Å². The van der Waals surface area contributed by atoms with Gasteiger partial charge in [0.15, 0.2) is 0 Å². The normalized spacial score (nSPS) is 20.1. The van der Waals surface area contributed by atoms with E-state index in [2.05, 4.69) is 0 Å². The third-order valence-electron chi connectivity index (χ3n) is 8.73. The molecule has 1 fully saturated rings. The van der Waals surface area contributed by atoms with Crippen molar-refractivity contribution < 1.29 is 38.3 Å². The van der Waals surface area contributed by atoms with Gasteiger partial charge in [-0.2, -0.15) is 0 Å². The minimum atomic E-state index is -0.812. The standard InChI is InChI=1S/C43H44O8/c1-2-47-43(45)35-23-24-36(37(44)25-35)39-41(49-28-33-19-11-5-12-20-33)42(50-29-34-21-13-6-14-22-34)40(48-27-32-17-9-4-10-18-32)38(51-39)30-46-26-31-15-7-3-8-16-31/h3-25,38-42,44H,2,26-30H2,1H3/t38-,39+,40-,41+,42+/m1/s1. The number of carbonyl (C=O) groups is 1. The molecule has 8 nitrogen and oxygen atoms in total. The van der Waals surface area contributed by atoms with E-state index in [4.69, 9.17) is 28.4 Å². The van der Waals surface area contributed by atoms with Crippen molar-refractivity contribution in [3.8, 4) is 5.75 Å². The van der Waals surface area contributed by atoms with Crippen molar-refractivity contribution in [2.45, 2.75) is 63.9 Å². The van der Waals surface area contributed by atoms with Crippen LogP contribution in [-0.2, 0) is 54.8 Å². The minimum Gasteiger partial charge on any atom is -0.508 e. The molecular formula is C43H44O8. The molecule has 0 bridgehead atoms. The Kier molecular flexibility index (Phi) is 13.0. The van der Waals surface area contributed by atoms with Gasteiger partial charge < -0.3 is 33.5 Å². The van der Waals surface area contributed by atoms with E-state index in [0.717, 1.165) is 22.3 Å². The maximum Gasteiger partial charge on any atom is 0.338 e. The van der Waals surface area contributed by atoms with Gasteiger partial charge in [0.1, 0.15) is 36.3 Å². The molecule has 0 aliphatic carbocycles. The Labute approximate surface area is 299 Å². The molecule has 1 N–H and O–H groups in total. The summed E-state index contributed by atoms with van der Waals surface area (Å²) in [4.78, 5) is 12.6. The second kappa shape index (κ2) is 18.4. The summed E-state index contributed by atoms with van der Waals surface area (Å²) < 4.78 is 38.6. The van der Waals surface area contributed by atoms with Crippen LogP contribution in [0.2, 0.25) is 0 Å². The lowest BCUT2D eigenvalue weighted by Gasteiger charge is -2.46. The van der Waals surface area contributed by atoms with Crippen LogP contribution in [0.3, 0.4) is 0 Å². The van der Waals surface area contributed by atoms with E-state index in [0.29, 0.717) is 25.4 Å². The number of benzene rings is 5. The topological polar surface area (TPSA) is 92.7 Å². The van der Waals surface area contributed by atoms with Crippen molar-refractivity contribution in [2.24, 2.45) is 0 Å². The average molecular weight is 689 g/mol. The summed E-state index contributed by atoms with van der Waals surface area (Å²) >= 11 is 0. The molecular weight excluding hydrogens is 644 g/mol. The zero-order chi connectivity index (χ0) is 35.3.